The monoisotopic (exact) mass is 240 g/mol. The van der Waals surface area contributed by atoms with Gasteiger partial charge in [-0.2, -0.15) is 13.2 Å². The highest BCUT2D eigenvalue weighted by molar-refractivity contribution is 4.89. The van der Waals surface area contributed by atoms with Crippen molar-refractivity contribution in [2.24, 2.45) is 5.92 Å². The van der Waals surface area contributed by atoms with Crippen molar-refractivity contribution in [3.63, 3.8) is 0 Å². The smallest absolute Gasteiger partial charge is 0.387 e. The van der Waals surface area contributed by atoms with Gasteiger partial charge in [-0.25, -0.2) is 0 Å². The van der Waals surface area contributed by atoms with Gasteiger partial charge < -0.3 is 9.84 Å². The van der Waals surface area contributed by atoms with Crippen LogP contribution in [0.15, 0.2) is 0 Å². The molecule has 2 nitrogen and oxygen atoms in total. The number of ether oxygens (including phenoxy) is 1. The molecule has 1 saturated carbocycles. The molecule has 1 fully saturated rings. The lowest BCUT2D eigenvalue weighted by Crippen LogP contribution is -2.44. The predicted molar refractivity (Wildman–Crippen MR) is 54.1 cm³/mol. The van der Waals surface area contributed by atoms with E-state index in [1.54, 1.807) is 13.8 Å². The zero-order valence-corrected chi connectivity index (χ0v) is 9.68. The van der Waals surface area contributed by atoms with Crippen LogP contribution in [-0.4, -0.2) is 29.6 Å². The Morgan fingerprint density at radius 2 is 2.06 bits per heavy atom. The third-order valence-corrected chi connectivity index (χ3v) is 2.97. The summed E-state index contributed by atoms with van der Waals surface area (Å²) in [5.74, 6) is -1.39. The molecule has 16 heavy (non-hydrogen) atoms. The van der Waals surface area contributed by atoms with E-state index in [1.165, 1.54) is 0 Å². The first-order chi connectivity index (χ1) is 7.23. The fraction of sp³-hybridized carbons (Fsp3) is 1.00. The Labute approximate surface area is 93.8 Å². The molecule has 1 rings (SSSR count). The number of halogens is 3. The number of rotatable bonds is 3. The molecule has 0 heterocycles. The van der Waals surface area contributed by atoms with Gasteiger partial charge in [0.25, 0.3) is 0 Å². The quantitative estimate of drug-likeness (QED) is 0.822. The summed E-state index contributed by atoms with van der Waals surface area (Å²) < 4.78 is 42.8. The van der Waals surface area contributed by atoms with Crippen molar-refractivity contribution in [3.05, 3.63) is 0 Å². The molecule has 0 bridgehead atoms. The van der Waals surface area contributed by atoms with Crippen molar-refractivity contribution in [2.45, 2.75) is 57.4 Å². The van der Waals surface area contributed by atoms with Crippen LogP contribution >= 0.6 is 0 Å². The van der Waals surface area contributed by atoms with Crippen molar-refractivity contribution in [1.29, 1.82) is 0 Å². The molecule has 0 amide bonds. The topological polar surface area (TPSA) is 29.5 Å². The van der Waals surface area contributed by atoms with Crippen molar-refractivity contribution in [2.75, 3.05) is 6.61 Å². The molecule has 0 aromatic rings. The van der Waals surface area contributed by atoms with Crippen LogP contribution in [0.1, 0.15) is 39.5 Å². The van der Waals surface area contributed by atoms with E-state index in [9.17, 15) is 18.3 Å². The van der Waals surface area contributed by atoms with Gasteiger partial charge in [-0.3, -0.25) is 0 Å². The van der Waals surface area contributed by atoms with Gasteiger partial charge in [-0.05, 0) is 39.5 Å². The van der Waals surface area contributed by atoms with E-state index in [-0.39, 0.29) is 25.6 Å². The zero-order chi connectivity index (χ0) is 12.4. The third kappa shape index (κ3) is 3.94. The first kappa shape index (κ1) is 13.8. The van der Waals surface area contributed by atoms with E-state index in [4.69, 9.17) is 4.74 Å². The third-order valence-electron chi connectivity index (χ3n) is 2.97. The summed E-state index contributed by atoms with van der Waals surface area (Å²) in [6, 6.07) is 0. The lowest BCUT2D eigenvalue weighted by Gasteiger charge is -2.37. The van der Waals surface area contributed by atoms with Crippen molar-refractivity contribution in [1.82, 2.24) is 0 Å². The van der Waals surface area contributed by atoms with E-state index in [0.717, 1.165) is 0 Å². The van der Waals surface area contributed by atoms with Crippen molar-refractivity contribution >= 4 is 0 Å². The van der Waals surface area contributed by atoms with Gasteiger partial charge in [0.2, 0.25) is 0 Å². The maximum atomic E-state index is 12.5. The minimum atomic E-state index is -4.20. The highest BCUT2D eigenvalue weighted by atomic mass is 19.4. The van der Waals surface area contributed by atoms with Gasteiger partial charge in [0.1, 0.15) is 0 Å². The Morgan fingerprint density at radius 1 is 1.44 bits per heavy atom. The van der Waals surface area contributed by atoms with E-state index in [2.05, 4.69) is 0 Å². The molecule has 0 saturated heterocycles. The fourth-order valence-corrected chi connectivity index (χ4v) is 2.07. The summed E-state index contributed by atoms with van der Waals surface area (Å²) in [4.78, 5) is 0. The van der Waals surface area contributed by atoms with Crippen LogP contribution in [0, 0.1) is 5.92 Å². The minimum Gasteiger partial charge on any atom is -0.387 e. The predicted octanol–water partition coefficient (Wildman–Crippen LogP) is 2.90. The van der Waals surface area contributed by atoms with Crippen molar-refractivity contribution in [3.8, 4) is 0 Å². The zero-order valence-electron chi connectivity index (χ0n) is 9.68. The van der Waals surface area contributed by atoms with E-state index >= 15 is 0 Å². The molecule has 1 aliphatic carbocycles. The van der Waals surface area contributed by atoms with Crippen LogP contribution in [0.4, 0.5) is 13.2 Å². The summed E-state index contributed by atoms with van der Waals surface area (Å²) in [6.45, 7) is 3.60. The number of hydrogen-bond donors (Lipinski definition) is 1. The molecule has 2 unspecified atom stereocenters. The Morgan fingerprint density at radius 3 is 2.56 bits per heavy atom. The average molecular weight is 240 g/mol. The summed E-state index contributed by atoms with van der Waals surface area (Å²) >= 11 is 0. The van der Waals surface area contributed by atoms with Crippen LogP contribution < -0.4 is 0 Å². The van der Waals surface area contributed by atoms with Gasteiger partial charge in [-0.15, -0.1) is 0 Å². The number of alkyl halides is 3. The van der Waals surface area contributed by atoms with Crippen molar-refractivity contribution < 1.29 is 23.0 Å². The molecular weight excluding hydrogens is 221 g/mol. The molecule has 0 aliphatic heterocycles. The summed E-state index contributed by atoms with van der Waals surface area (Å²) in [6.07, 6.45) is -3.59. The minimum absolute atomic E-state index is 0.00273. The van der Waals surface area contributed by atoms with E-state index < -0.39 is 17.7 Å². The molecule has 0 aromatic heterocycles. The van der Waals surface area contributed by atoms with Gasteiger partial charge in [0.05, 0.1) is 24.2 Å². The standard InChI is InChI=1S/C11H19F3O2/c1-8(2)16-7-10(15)5-3-4-9(6-10)11(12,13)14/h8-9,15H,3-7H2,1-2H3. The van der Waals surface area contributed by atoms with Crippen LogP contribution in [0.2, 0.25) is 0 Å². The lowest BCUT2D eigenvalue weighted by atomic mass is 9.78. The first-order valence-electron chi connectivity index (χ1n) is 5.64. The normalized spacial score (nSPS) is 32.1. The Bertz CT molecular complexity index is 228. The van der Waals surface area contributed by atoms with Gasteiger partial charge in [-0.1, -0.05) is 0 Å². The molecule has 96 valence electrons. The van der Waals surface area contributed by atoms with Crippen LogP contribution in [-0.2, 0) is 4.74 Å². The Kier molecular flexibility index (Phi) is 4.23. The number of hydrogen-bond acceptors (Lipinski definition) is 2. The second-order valence-corrected chi connectivity index (χ2v) is 4.92. The molecule has 1 N–H and O–H groups in total. The van der Waals surface area contributed by atoms with Gasteiger partial charge in [0.15, 0.2) is 0 Å². The summed E-state index contributed by atoms with van der Waals surface area (Å²) in [5, 5.41) is 10.0. The SMILES string of the molecule is CC(C)OCC1(O)CCCC(C(F)(F)F)C1. The number of aliphatic hydroxyl groups is 1. The van der Waals surface area contributed by atoms with E-state index in [1.807, 2.05) is 0 Å². The molecule has 5 heteroatoms. The van der Waals surface area contributed by atoms with Gasteiger partial charge in [0, 0.05) is 0 Å². The molecule has 1 aliphatic rings. The molecule has 0 aromatic carbocycles. The second kappa shape index (κ2) is 4.92. The molecule has 0 radical (unpaired) electrons. The van der Waals surface area contributed by atoms with E-state index in [0.29, 0.717) is 12.8 Å². The van der Waals surface area contributed by atoms with Gasteiger partial charge >= 0.3 is 6.18 Å². The fourth-order valence-electron chi connectivity index (χ4n) is 2.07. The second-order valence-electron chi connectivity index (χ2n) is 4.92. The molecule has 0 spiro atoms. The maximum absolute atomic E-state index is 12.5. The summed E-state index contributed by atoms with van der Waals surface area (Å²) in [7, 11) is 0. The average Bonchev–Trinajstić information content (AvgIpc) is 2.14. The molecular formula is C11H19F3O2. The van der Waals surface area contributed by atoms with Crippen LogP contribution in [0.3, 0.4) is 0 Å². The lowest BCUT2D eigenvalue weighted by molar-refractivity contribution is -0.207. The maximum Gasteiger partial charge on any atom is 0.391 e. The Balaban J connectivity index is 2.54. The largest absolute Gasteiger partial charge is 0.391 e. The highest BCUT2D eigenvalue weighted by Gasteiger charge is 2.47. The first-order valence-corrected chi connectivity index (χ1v) is 5.64. The Hall–Kier alpha value is -0.290. The van der Waals surface area contributed by atoms with Crippen LogP contribution in [0.25, 0.3) is 0 Å². The molecule has 2 atom stereocenters. The van der Waals surface area contributed by atoms with Crippen LogP contribution in [0.5, 0.6) is 0 Å². The summed E-state index contributed by atoms with van der Waals surface area (Å²) in [5.41, 5.74) is -1.30. The highest BCUT2D eigenvalue weighted by Crippen LogP contribution is 2.41.